The molecule has 0 saturated heterocycles. The Kier molecular flexibility index (Phi) is 5.94. The summed E-state index contributed by atoms with van der Waals surface area (Å²) in [6.45, 7) is 1.02. The number of nitrogens with one attached hydrogen (secondary N) is 1. The van der Waals surface area contributed by atoms with Gasteiger partial charge in [0.1, 0.15) is 12.4 Å². The summed E-state index contributed by atoms with van der Waals surface area (Å²) >= 11 is 15.2. The predicted molar refractivity (Wildman–Crippen MR) is 93.1 cm³/mol. The zero-order chi connectivity index (χ0) is 16.1. The van der Waals surface area contributed by atoms with Crippen LogP contribution in [0.5, 0.6) is 5.75 Å². The molecule has 0 bridgehead atoms. The molecule has 116 valence electrons. The first-order valence-electron chi connectivity index (χ1n) is 6.38. The van der Waals surface area contributed by atoms with Crippen molar-refractivity contribution in [2.24, 2.45) is 5.73 Å². The number of carbonyl (C=O) groups excluding carboxylic acids is 1. The van der Waals surface area contributed by atoms with E-state index in [1.54, 1.807) is 36.4 Å². The molecule has 7 heteroatoms. The Morgan fingerprint density at radius 3 is 2.64 bits per heavy atom. The summed E-state index contributed by atoms with van der Waals surface area (Å²) in [5.74, 6) is 0.167. The van der Waals surface area contributed by atoms with Crippen LogP contribution in [0.3, 0.4) is 0 Å². The standard InChI is InChI=1S/C15H13BrCl2N2O2/c16-12-7-9(17)1-4-14(12)22-6-5-20-10-2-3-11(15(19)21)13(18)8-10/h1-4,7-8,20H,5-6H2,(H2,19,21). The Bertz CT molecular complexity index is 695. The highest BCUT2D eigenvalue weighted by Gasteiger charge is 2.07. The quantitative estimate of drug-likeness (QED) is 0.704. The van der Waals surface area contributed by atoms with E-state index in [0.717, 1.165) is 10.2 Å². The van der Waals surface area contributed by atoms with Crippen LogP contribution >= 0.6 is 39.1 Å². The fourth-order valence-electron chi connectivity index (χ4n) is 1.77. The summed E-state index contributed by atoms with van der Waals surface area (Å²) in [5, 5.41) is 4.11. The van der Waals surface area contributed by atoms with Crippen LogP contribution in [0.15, 0.2) is 40.9 Å². The van der Waals surface area contributed by atoms with Gasteiger partial charge in [0, 0.05) is 17.3 Å². The first-order chi connectivity index (χ1) is 10.5. The zero-order valence-electron chi connectivity index (χ0n) is 11.4. The number of hydrogen-bond donors (Lipinski definition) is 2. The maximum absolute atomic E-state index is 11.1. The Balaban J connectivity index is 1.86. The maximum Gasteiger partial charge on any atom is 0.250 e. The van der Waals surface area contributed by atoms with Crippen molar-refractivity contribution in [1.82, 2.24) is 0 Å². The van der Waals surface area contributed by atoms with E-state index in [1.165, 1.54) is 0 Å². The predicted octanol–water partition coefficient (Wildman–Crippen LogP) is 4.35. The van der Waals surface area contributed by atoms with Gasteiger partial charge < -0.3 is 15.8 Å². The van der Waals surface area contributed by atoms with Crippen LogP contribution in [0.2, 0.25) is 10.0 Å². The third-order valence-electron chi connectivity index (χ3n) is 2.82. The van der Waals surface area contributed by atoms with E-state index in [0.29, 0.717) is 34.5 Å². The van der Waals surface area contributed by atoms with E-state index in [4.69, 9.17) is 33.7 Å². The van der Waals surface area contributed by atoms with Crippen LogP contribution in [0, 0.1) is 0 Å². The van der Waals surface area contributed by atoms with Gasteiger partial charge in [0.05, 0.1) is 15.1 Å². The summed E-state index contributed by atoms with van der Waals surface area (Å²) in [4.78, 5) is 11.1. The van der Waals surface area contributed by atoms with E-state index in [-0.39, 0.29) is 0 Å². The van der Waals surface area contributed by atoms with Gasteiger partial charge in [0.2, 0.25) is 5.91 Å². The van der Waals surface area contributed by atoms with Crippen molar-refractivity contribution in [1.29, 1.82) is 0 Å². The minimum Gasteiger partial charge on any atom is -0.491 e. The third-order valence-corrected chi connectivity index (χ3v) is 3.98. The van der Waals surface area contributed by atoms with Crippen molar-refractivity contribution in [3.8, 4) is 5.75 Å². The van der Waals surface area contributed by atoms with Crippen molar-refractivity contribution in [3.05, 3.63) is 56.5 Å². The minimum atomic E-state index is -0.549. The average Bonchev–Trinajstić information content (AvgIpc) is 2.45. The topological polar surface area (TPSA) is 64.4 Å². The van der Waals surface area contributed by atoms with Crippen LogP contribution in [0.25, 0.3) is 0 Å². The van der Waals surface area contributed by atoms with E-state index in [1.807, 2.05) is 0 Å². The van der Waals surface area contributed by atoms with Gasteiger partial charge in [-0.25, -0.2) is 0 Å². The summed E-state index contributed by atoms with van der Waals surface area (Å²) in [6.07, 6.45) is 0. The molecule has 0 spiro atoms. The van der Waals surface area contributed by atoms with Gasteiger partial charge in [0.15, 0.2) is 0 Å². The Labute approximate surface area is 146 Å². The second-order valence-electron chi connectivity index (χ2n) is 4.41. The molecule has 2 rings (SSSR count). The van der Waals surface area contributed by atoms with Crippen LogP contribution in [-0.2, 0) is 0 Å². The van der Waals surface area contributed by atoms with Gasteiger partial charge >= 0.3 is 0 Å². The van der Waals surface area contributed by atoms with Crippen LogP contribution in [0.1, 0.15) is 10.4 Å². The molecule has 0 radical (unpaired) electrons. The lowest BCUT2D eigenvalue weighted by Crippen LogP contribution is -2.13. The molecule has 0 atom stereocenters. The molecule has 0 heterocycles. The molecule has 0 saturated carbocycles. The molecule has 22 heavy (non-hydrogen) atoms. The maximum atomic E-state index is 11.1. The van der Waals surface area contributed by atoms with Crippen molar-refractivity contribution in [2.75, 3.05) is 18.5 Å². The highest BCUT2D eigenvalue weighted by Crippen LogP contribution is 2.28. The molecule has 0 aliphatic rings. The molecule has 0 aromatic heterocycles. The van der Waals surface area contributed by atoms with Gasteiger partial charge in [-0.05, 0) is 52.3 Å². The Hall–Kier alpha value is -1.43. The Morgan fingerprint density at radius 2 is 2.00 bits per heavy atom. The number of primary amides is 1. The summed E-state index contributed by atoms with van der Waals surface area (Å²) < 4.78 is 6.43. The third kappa shape index (κ3) is 4.53. The molecule has 2 aromatic carbocycles. The fraction of sp³-hybridized carbons (Fsp3) is 0.133. The lowest BCUT2D eigenvalue weighted by atomic mass is 10.2. The van der Waals surface area contributed by atoms with Crippen LogP contribution in [-0.4, -0.2) is 19.1 Å². The normalized spacial score (nSPS) is 10.3. The van der Waals surface area contributed by atoms with Gasteiger partial charge in [0.25, 0.3) is 0 Å². The van der Waals surface area contributed by atoms with E-state index in [9.17, 15) is 4.79 Å². The monoisotopic (exact) mass is 402 g/mol. The molecule has 2 aromatic rings. The first-order valence-corrected chi connectivity index (χ1v) is 7.93. The molecule has 4 nitrogen and oxygen atoms in total. The van der Waals surface area contributed by atoms with E-state index < -0.39 is 5.91 Å². The molecule has 0 unspecified atom stereocenters. The Morgan fingerprint density at radius 1 is 1.23 bits per heavy atom. The molecular weight excluding hydrogens is 391 g/mol. The number of benzene rings is 2. The lowest BCUT2D eigenvalue weighted by Gasteiger charge is -2.11. The number of ether oxygens (including phenoxy) is 1. The SMILES string of the molecule is NC(=O)c1ccc(NCCOc2ccc(Cl)cc2Br)cc1Cl. The highest BCUT2D eigenvalue weighted by atomic mass is 79.9. The van der Waals surface area contributed by atoms with Crippen LogP contribution < -0.4 is 15.8 Å². The first kappa shape index (κ1) is 16.9. The minimum absolute atomic E-state index is 0.300. The number of hydrogen-bond acceptors (Lipinski definition) is 3. The number of anilines is 1. The smallest absolute Gasteiger partial charge is 0.250 e. The van der Waals surface area contributed by atoms with Gasteiger partial charge in [-0.3, -0.25) is 4.79 Å². The second-order valence-corrected chi connectivity index (χ2v) is 6.11. The lowest BCUT2D eigenvalue weighted by molar-refractivity contribution is 0.100. The summed E-state index contributed by atoms with van der Waals surface area (Å²) in [5.41, 5.74) is 6.28. The second kappa shape index (κ2) is 7.72. The van der Waals surface area contributed by atoms with E-state index >= 15 is 0 Å². The van der Waals surface area contributed by atoms with Crippen molar-refractivity contribution < 1.29 is 9.53 Å². The zero-order valence-corrected chi connectivity index (χ0v) is 14.5. The molecule has 0 fully saturated rings. The van der Waals surface area contributed by atoms with Crippen molar-refractivity contribution in [2.45, 2.75) is 0 Å². The van der Waals surface area contributed by atoms with Gasteiger partial charge in [-0.15, -0.1) is 0 Å². The van der Waals surface area contributed by atoms with Gasteiger partial charge in [-0.1, -0.05) is 23.2 Å². The number of nitrogens with two attached hydrogens (primary N) is 1. The average molecular weight is 404 g/mol. The van der Waals surface area contributed by atoms with Crippen molar-refractivity contribution in [3.63, 3.8) is 0 Å². The summed E-state index contributed by atoms with van der Waals surface area (Å²) in [7, 11) is 0. The largest absolute Gasteiger partial charge is 0.491 e. The van der Waals surface area contributed by atoms with Gasteiger partial charge in [-0.2, -0.15) is 0 Å². The molecule has 3 N–H and O–H groups in total. The highest BCUT2D eigenvalue weighted by molar-refractivity contribution is 9.10. The number of halogens is 3. The number of rotatable bonds is 6. The van der Waals surface area contributed by atoms with Crippen molar-refractivity contribution >= 4 is 50.7 Å². The molecular formula is C15H13BrCl2N2O2. The molecule has 0 aliphatic carbocycles. The number of carbonyl (C=O) groups is 1. The summed E-state index contributed by atoms with van der Waals surface area (Å²) in [6, 6.07) is 10.3. The van der Waals surface area contributed by atoms with Crippen LogP contribution in [0.4, 0.5) is 5.69 Å². The molecule has 0 aliphatic heterocycles. The molecule has 1 amide bonds. The number of amides is 1. The fourth-order valence-corrected chi connectivity index (χ4v) is 2.84. The van der Waals surface area contributed by atoms with E-state index in [2.05, 4.69) is 21.2 Å².